The number of nitrogens with one attached hydrogen (secondary N) is 2. The van der Waals surface area contributed by atoms with Gasteiger partial charge < -0.3 is 4.74 Å². The molecule has 0 fully saturated rings. The third kappa shape index (κ3) is 3.82. The van der Waals surface area contributed by atoms with Crippen molar-refractivity contribution in [3.63, 3.8) is 0 Å². The maximum absolute atomic E-state index is 12.0. The van der Waals surface area contributed by atoms with Crippen LogP contribution < -0.4 is 5.32 Å². The van der Waals surface area contributed by atoms with E-state index in [0.717, 1.165) is 40.1 Å². The Morgan fingerprint density at radius 3 is 2.77 bits per heavy atom. The molecular weight excluding hydrogens is 330 g/mol. The van der Waals surface area contributed by atoms with Crippen LogP contribution in [-0.4, -0.2) is 31.9 Å². The minimum Gasteiger partial charge on any atom is -0.444 e. The molecule has 0 radical (unpaired) electrons. The Bertz CT molecular complexity index is 956. The van der Waals surface area contributed by atoms with E-state index in [1.54, 1.807) is 6.20 Å². The highest BCUT2D eigenvalue weighted by molar-refractivity contribution is 5.86. The Morgan fingerprint density at radius 1 is 1.31 bits per heavy atom. The number of ether oxygens (including phenoxy) is 1. The van der Waals surface area contributed by atoms with E-state index in [1.807, 2.05) is 45.9 Å². The molecule has 0 atom stereocenters. The lowest BCUT2D eigenvalue weighted by Crippen LogP contribution is -2.27. The predicted molar refractivity (Wildman–Crippen MR) is 101 cm³/mol. The number of fused-ring (bicyclic) bond motifs is 1. The Kier molecular flexibility index (Phi) is 4.63. The highest BCUT2D eigenvalue weighted by Gasteiger charge is 2.17. The van der Waals surface area contributed by atoms with Crippen molar-refractivity contribution < 1.29 is 9.53 Å². The number of aromatic nitrogens is 4. The Balaban J connectivity index is 1.91. The van der Waals surface area contributed by atoms with Gasteiger partial charge in [-0.15, -0.1) is 0 Å². The lowest BCUT2D eigenvalue weighted by molar-refractivity contribution is 0.0636. The van der Waals surface area contributed by atoms with E-state index >= 15 is 0 Å². The largest absolute Gasteiger partial charge is 0.444 e. The zero-order valence-corrected chi connectivity index (χ0v) is 15.7. The molecule has 0 spiro atoms. The SMILES string of the molecule is CCc1n[nH]c2nc(-c3cc(NC(=O)OC(C)(C)C)cnc3C)ccc12. The predicted octanol–water partition coefficient (Wildman–Crippen LogP) is 4.24. The van der Waals surface area contributed by atoms with E-state index < -0.39 is 11.7 Å². The van der Waals surface area contributed by atoms with Gasteiger partial charge in [0.1, 0.15) is 5.60 Å². The van der Waals surface area contributed by atoms with Gasteiger partial charge in [0.05, 0.1) is 23.3 Å². The third-order valence-electron chi connectivity index (χ3n) is 3.85. The molecular formula is C19H23N5O2. The fraction of sp³-hybridized carbons (Fsp3) is 0.368. The van der Waals surface area contributed by atoms with E-state index in [9.17, 15) is 4.79 Å². The van der Waals surface area contributed by atoms with Crippen LogP contribution in [0, 0.1) is 6.92 Å². The smallest absolute Gasteiger partial charge is 0.412 e. The second-order valence-electron chi connectivity index (χ2n) is 7.10. The molecule has 0 unspecified atom stereocenters. The number of aromatic amines is 1. The summed E-state index contributed by atoms with van der Waals surface area (Å²) in [4.78, 5) is 21.0. The van der Waals surface area contributed by atoms with Gasteiger partial charge >= 0.3 is 6.09 Å². The van der Waals surface area contributed by atoms with Gasteiger partial charge in [0.25, 0.3) is 0 Å². The van der Waals surface area contributed by atoms with Crippen LogP contribution in [0.5, 0.6) is 0 Å². The molecule has 7 nitrogen and oxygen atoms in total. The van der Waals surface area contributed by atoms with E-state index in [-0.39, 0.29) is 0 Å². The standard InChI is InChI=1S/C19H23N5O2/c1-6-15-13-7-8-16(22-17(13)24-23-15)14-9-12(10-20-11(14)2)21-18(25)26-19(3,4)5/h7-10H,6H2,1-5H3,(H,21,25)(H,22,23,24). The molecule has 0 aliphatic heterocycles. The molecule has 3 aromatic rings. The number of amides is 1. The summed E-state index contributed by atoms with van der Waals surface area (Å²) in [7, 11) is 0. The average molecular weight is 353 g/mol. The maximum Gasteiger partial charge on any atom is 0.412 e. The highest BCUT2D eigenvalue weighted by Crippen LogP contribution is 2.26. The molecule has 3 heterocycles. The molecule has 0 saturated heterocycles. The summed E-state index contributed by atoms with van der Waals surface area (Å²) in [5, 5.41) is 11.0. The number of H-pyrrole nitrogens is 1. The van der Waals surface area contributed by atoms with E-state index in [0.29, 0.717) is 5.69 Å². The second kappa shape index (κ2) is 6.74. The first-order chi connectivity index (χ1) is 12.3. The van der Waals surface area contributed by atoms with Crippen molar-refractivity contribution >= 4 is 22.8 Å². The summed E-state index contributed by atoms with van der Waals surface area (Å²) in [6.07, 6.45) is 1.93. The molecule has 0 bridgehead atoms. The zero-order valence-electron chi connectivity index (χ0n) is 15.7. The van der Waals surface area contributed by atoms with Crippen molar-refractivity contribution in [2.24, 2.45) is 0 Å². The van der Waals surface area contributed by atoms with Crippen molar-refractivity contribution in [1.82, 2.24) is 20.2 Å². The number of aryl methyl sites for hydroxylation is 2. The topological polar surface area (TPSA) is 92.8 Å². The Morgan fingerprint density at radius 2 is 2.08 bits per heavy atom. The quantitative estimate of drug-likeness (QED) is 0.735. The average Bonchev–Trinajstić information content (AvgIpc) is 2.97. The molecule has 26 heavy (non-hydrogen) atoms. The van der Waals surface area contributed by atoms with Crippen molar-refractivity contribution in [2.45, 2.75) is 46.6 Å². The zero-order chi connectivity index (χ0) is 18.9. The lowest BCUT2D eigenvalue weighted by atomic mass is 10.1. The molecule has 2 N–H and O–H groups in total. The van der Waals surface area contributed by atoms with Gasteiger partial charge in [0.2, 0.25) is 0 Å². The first kappa shape index (κ1) is 17.8. The molecule has 136 valence electrons. The van der Waals surface area contributed by atoms with Crippen LogP contribution in [0.25, 0.3) is 22.3 Å². The molecule has 0 aliphatic carbocycles. The van der Waals surface area contributed by atoms with E-state index in [2.05, 4.69) is 32.4 Å². The minimum absolute atomic E-state index is 0.515. The molecule has 0 saturated carbocycles. The fourth-order valence-corrected chi connectivity index (χ4v) is 2.66. The fourth-order valence-electron chi connectivity index (χ4n) is 2.66. The van der Waals surface area contributed by atoms with Crippen molar-refractivity contribution in [3.8, 4) is 11.3 Å². The van der Waals surface area contributed by atoms with Gasteiger partial charge in [-0.3, -0.25) is 15.4 Å². The first-order valence-electron chi connectivity index (χ1n) is 8.58. The van der Waals surface area contributed by atoms with Crippen LogP contribution in [0.4, 0.5) is 10.5 Å². The molecule has 0 aromatic carbocycles. The van der Waals surface area contributed by atoms with Gasteiger partial charge in [-0.2, -0.15) is 5.10 Å². The van der Waals surface area contributed by atoms with Gasteiger partial charge in [-0.1, -0.05) is 6.92 Å². The first-order valence-corrected chi connectivity index (χ1v) is 8.58. The molecule has 3 aromatic heterocycles. The number of rotatable bonds is 3. The van der Waals surface area contributed by atoms with Gasteiger partial charge in [-0.05, 0) is 52.3 Å². The van der Waals surface area contributed by atoms with Gasteiger partial charge in [-0.25, -0.2) is 9.78 Å². The number of pyridine rings is 2. The maximum atomic E-state index is 12.0. The van der Waals surface area contributed by atoms with Gasteiger partial charge in [0, 0.05) is 16.6 Å². The van der Waals surface area contributed by atoms with Crippen LogP contribution in [-0.2, 0) is 11.2 Å². The summed E-state index contributed by atoms with van der Waals surface area (Å²) >= 11 is 0. The third-order valence-corrected chi connectivity index (χ3v) is 3.85. The molecule has 1 amide bonds. The van der Waals surface area contributed by atoms with Crippen LogP contribution in [0.15, 0.2) is 24.4 Å². The second-order valence-corrected chi connectivity index (χ2v) is 7.10. The monoisotopic (exact) mass is 353 g/mol. The number of carbonyl (C=O) groups is 1. The molecule has 7 heteroatoms. The minimum atomic E-state index is -0.560. The lowest BCUT2D eigenvalue weighted by Gasteiger charge is -2.19. The van der Waals surface area contributed by atoms with E-state index in [4.69, 9.17) is 4.74 Å². The van der Waals surface area contributed by atoms with Crippen molar-refractivity contribution in [3.05, 3.63) is 35.8 Å². The normalized spacial score (nSPS) is 11.6. The Hall–Kier alpha value is -2.96. The Labute approximate surface area is 152 Å². The number of carbonyl (C=O) groups excluding carboxylic acids is 1. The van der Waals surface area contributed by atoms with E-state index in [1.165, 1.54) is 0 Å². The highest BCUT2D eigenvalue weighted by atomic mass is 16.6. The van der Waals surface area contributed by atoms with Crippen molar-refractivity contribution in [2.75, 3.05) is 5.32 Å². The summed E-state index contributed by atoms with van der Waals surface area (Å²) in [6.45, 7) is 9.42. The number of hydrogen-bond donors (Lipinski definition) is 2. The number of hydrogen-bond acceptors (Lipinski definition) is 5. The summed E-state index contributed by atoms with van der Waals surface area (Å²) in [6, 6.07) is 5.79. The summed E-state index contributed by atoms with van der Waals surface area (Å²) < 4.78 is 5.28. The van der Waals surface area contributed by atoms with Crippen LogP contribution in [0.3, 0.4) is 0 Å². The molecule has 3 rings (SSSR count). The van der Waals surface area contributed by atoms with Gasteiger partial charge in [0.15, 0.2) is 5.65 Å². The van der Waals surface area contributed by atoms with Crippen molar-refractivity contribution in [1.29, 1.82) is 0 Å². The van der Waals surface area contributed by atoms with Crippen LogP contribution in [0.1, 0.15) is 39.1 Å². The summed E-state index contributed by atoms with van der Waals surface area (Å²) in [5.41, 5.74) is 4.16. The number of nitrogens with zero attached hydrogens (tertiary/aromatic N) is 3. The number of anilines is 1. The van der Waals surface area contributed by atoms with Crippen LogP contribution >= 0.6 is 0 Å². The molecule has 0 aliphatic rings. The van der Waals surface area contributed by atoms with Crippen LogP contribution in [0.2, 0.25) is 0 Å². The summed E-state index contributed by atoms with van der Waals surface area (Å²) in [5.74, 6) is 0.